The van der Waals surface area contributed by atoms with Gasteiger partial charge >= 0.3 is 0 Å². The molecule has 16 heavy (non-hydrogen) atoms. The molecule has 2 heteroatoms. The van der Waals surface area contributed by atoms with Crippen molar-refractivity contribution in [2.24, 2.45) is 11.8 Å². The van der Waals surface area contributed by atoms with Crippen LogP contribution in [-0.2, 0) is 6.42 Å². The fourth-order valence-corrected chi connectivity index (χ4v) is 2.52. The van der Waals surface area contributed by atoms with Gasteiger partial charge in [-0.2, -0.15) is 0 Å². The molecule has 0 saturated heterocycles. The van der Waals surface area contributed by atoms with Gasteiger partial charge in [-0.3, -0.25) is 0 Å². The van der Waals surface area contributed by atoms with Gasteiger partial charge in [0.2, 0.25) is 0 Å². The van der Waals surface area contributed by atoms with Crippen LogP contribution in [0.1, 0.15) is 37.9 Å². The molecule has 0 amide bonds. The van der Waals surface area contributed by atoms with Gasteiger partial charge in [0.15, 0.2) is 0 Å². The van der Waals surface area contributed by atoms with Crippen LogP contribution >= 0.6 is 0 Å². The molecule has 0 bridgehead atoms. The molecule has 1 N–H and O–H groups in total. The van der Waals surface area contributed by atoms with Crippen LogP contribution in [0.3, 0.4) is 0 Å². The van der Waals surface area contributed by atoms with E-state index in [9.17, 15) is 4.39 Å². The van der Waals surface area contributed by atoms with Gasteiger partial charge in [0.25, 0.3) is 0 Å². The van der Waals surface area contributed by atoms with E-state index in [2.05, 4.69) is 26.1 Å². The Hall–Kier alpha value is -0.890. The van der Waals surface area contributed by atoms with E-state index < -0.39 is 0 Å². The molecular weight excluding hydrogens is 201 g/mol. The zero-order chi connectivity index (χ0) is 11.7. The summed E-state index contributed by atoms with van der Waals surface area (Å²) in [5, 5.41) is 3.55. The lowest BCUT2D eigenvalue weighted by Gasteiger charge is -2.22. The van der Waals surface area contributed by atoms with Gasteiger partial charge in [-0.05, 0) is 48.1 Å². The first-order valence-electron chi connectivity index (χ1n) is 6.09. The summed E-state index contributed by atoms with van der Waals surface area (Å²) in [6.45, 7) is 7.62. The third-order valence-electron chi connectivity index (χ3n) is 3.36. The maximum atomic E-state index is 13.3. The van der Waals surface area contributed by atoms with Crippen LogP contribution in [0.25, 0.3) is 0 Å². The summed E-state index contributed by atoms with van der Waals surface area (Å²) in [7, 11) is 0. The molecule has 0 saturated carbocycles. The van der Waals surface area contributed by atoms with Crippen molar-refractivity contribution in [1.29, 1.82) is 0 Å². The highest BCUT2D eigenvalue weighted by molar-refractivity contribution is 5.32. The number of benzene rings is 1. The smallest absolute Gasteiger partial charge is 0.123 e. The van der Waals surface area contributed by atoms with Crippen LogP contribution in [-0.4, -0.2) is 6.54 Å². The van der Waals surface area contributed by atoms with Crippen LogP contribution in [0.4, 0.5) is 4.39 Å². The second-order valence-corrected chi connectivity index (χ2v) is 5.28. The van der Waals surface area contributed by atoms with Gasteiger partial charge in [-0.25, -0.2) is 4.39 Å². The SMILES string of the molecule is CC1CNC(C(C)C)c2cc(F)ccc2C1. The fraction of sp³-hybridized carbons (Fsp3) is 0.571. The third kappa shape index (κ3) is 2.27. The van der Waals surface area contributed by atoms with Crippen LogP contribution in [0.15, 0.2) is 18.2 Å². The van der Waals surface area contributed by atoms with Gasteiger partial charge in [0.05, 0.1) is 0 Å². The molecule has 2 rings (SSSR count). The maximum absolute atomic E-state index is 13.3. The lowest BCUT2D eigenvalue weighted by molar-refractivity contribution is 0.394. The Balaban J connectivity index is 2.43. The molecule has 0 radical (unpaired) electrons. The Morgan fingerprint density at radius 3 is 2.81 bits per heavy atom. The van der Waals surface area contributed by atoms with Crippen LogP contribution in [0, 0.1) is 17.7 Å². The molecule has 0 aromatic heterocycles. The molecule has 1 aliphatic rings. The first kappa shape index (κ1) is 11.6. The number of fused-ring (bicyclic) bond motifs is 1. The summed E-state index contributed by atoms with van der Waals surface area (Å²) in [6, 6.07) is 5.51. The van der Waals surface area contributed by atoms with E-state index >= 15 is 0 Å². The van der Waals surface area contributed by atoms with Crippen molar-refractivity contribution in [3.63, 3.8) is 0 Å². The molecule has 2 unspecified atom stereocenters. The molecule has 1 heterocycles. The Morgan fingerprint density at radius 1 is 1.38 bits per heavy atom. The molecule has 0 fully saturated rings. The standard InChI is InChI=1S/C14H20FN/c1-9(2)14-13-7-12(15)5-4-11(13)6-10(3)8-16-14/h4-5,7,9-10,14,16H,6,8H2,1-3H3. The normalized spacial score (nSPS) is 25.3. The molecule has 0 spiro atoms. The van der Waals surface area contributed by atoms with Gasteiger partial charge in [0.1, 0.15) is 5.82 Å². The van der Waals surface area contributed by atoms with E-state index in [1.165, 1.54) is 5.56 Å². The summed E-state index contributed by atoms with van der Waals surface area (Å²) in [5.41, 5.74) is 2.46. The predicted octanol–water partition coefficient (Wildman–Crippen LogP) is 3.30. The maximum Gasteiger partial charge on any atom is 0.123 e. The average molecular weight is 221 g/mol. The van der Waals surface area contributed by atoms with Gasteiger partial charge in [-0.1, -0.05) is 26.8 Å². The predicted molar refractivity (Wildman–Crippen MR) is 64.8 cm³/mol. The summed E-state index contributed by atoms with van der Waals surface area (Å²) >= 11 is 0. The van der Waals surface area contributed by atoms with E-state index in [1.807, 2.05) is 6.07 Å². The summed E-state index contributed by atoms with van der Waals surface area (Å²) in [5.74, 6) is 0.986. The Labute approximate surface area is 97.1 Å². The van der Waals surface area contributed by atoms with Crippen molar-refractivity contribution >= 4 is 0 Å². The van der Waals surface area contributed by atoms with Gasteiger partial charge in [0, 0.05) is 6.04 Å². The highest BCUT2D eigenvalue weighted by Gasteiger charge is 2.23. The van der Waals surface area contributed by atoms with Crippen molar-refractivity contribution in [2.45, 2.75) is 33.2 Å². The van der Waals surface area contributed by atoms with Crippen molar-refractivity contribution < 1.29 is 4.39 Å². The topological polar surface area (TPSA) is 12.0 Å². The average Bonchev–Trinajstić information content (AvgIpc) is 2.36. The number of hydrogen-bond donors (Lipinski definition) is 1. The lowest BCUT2D eigenvalue weighted by atomic mass is 9.91. The quantitative estimate of drug-likeness (QED) is 0.767. The highest BCUT2D eigenvalue weighted by atomic mass is 19.1. The van der Waals surface area contributed by atoms with E-state index in [0.717, 1.165) is 18.5 Å². The molecule has 1 aromatic rings. The van der Waals surface area contributed by atoms with Crippen molar-refractivity contribution in [3.05, 3.63) is 35.1 Å². The molecule has 88 valence electrons. The number of rotatable bonds is 1. The van der Waals surface area contributed by atoms with Gasteiger partial charge in [-0.15, -0.1) is 0 Å². The zero-order valence-electron chi connectivity index (χ0n) is 10.3. The Kier molecular flexibility index (Phi) is 3.29. The monoisotopic (exact) mass is 221 g/mol. The number of hydrogen-bond acceptors (Lipinski definition) is 1. The largest absolute Gasteiger partial charge is 0.309 e. The van der Waals surface area contributed by atoms with Crippen molar-refractivity contribution in [2.75, 3.05) is 6.54 Å². The number of halogens is 1. The summed E-state index contributed by atoms with van der Waals surface area (Å²) in [4.78, 5) is 0. The van der Waals surface area contributed by atoms with E-state index in [-0.39, 0.29) is 11.9 Å². The highest BCUT2D eigenvalue weighted by Crippen LogP contribution is 2.30. The zero-order valence-corrected chi connectivity index (χ0v) is 10.3. The van der Waals surface area contributed by atoms with E-state index in [1.54, 1.807) is 12.1 Å². The second-order valence-electron chi connectivity index (χ2n) is 5.28. The minimum absolute atomic E-state index is 0.124. The van der Waals surface area contributed by atoms with Gasteiger partial charge < -0.3 is 5.32 Å². The molecule has 1 nitrogen and oxygen atoms in total. The van der Waals surface area contributed by atoms with Crippen molar-refractivity contribution in [1.82, 2.24) is 5.32 Å². The van der Waals surface area contributed by atoms with Crippen LogP contribution < -0.4 is 5.32 Å². The van der Waals surface area contributed by atoms with Crippen LogP contribution in [0.2, 0.25) is 0 Å². The number of nitrogens with one attached hydrogen (secondary N) is 1. The van der Waals surface area contributed by atoms with E-state index in [4.69, 9.17) is 0 Å². The minimum atomic E-state index is -0.124. The first-order valence-corrected chi connectivity index (χ1v) is 6.09. The summed E-state index contributed by atoms with van der Waals surface area (Å²) in [6.07, 6.45) is 1.05. The minimum Gasteiger partial charge on any atom is -0.309 e. The Bertz CT molecular complexity index is 373. The third-order valence-corrected chi connectivity index (χ3v) is 3.36. The molecule has 0 aliphatic carbocycles. The fourth-order valence-electron chi connectivity index (χ4n) is 2.52. The lowest BCUT2D eigenvalue weighted by Crippen LogP contribution is -2.27. The van der Waals surface area contributed by atoms with E-state index in [0.29, 0.717) is 11.8 Å². The van der Waals surface area contributed by atoms with Crippen LogP contribution in [0.5, 0.6) is 0 Å². The second kappa shape index (κ2) is 4.54. The first-order chi connectivity index (χ1) is 7.58. The molecule has 1 aromatic carbocycles. The molecule has 2 atom stereocenters. The molecule has 1 aliphatic heterocycles. The Morgan fingerprint density at radius 2 is 2.12 bits per heavy atom. The molecular formula is C14H20FN. The van der Waals surface area contributed by atoms with Crippen molar-refractivity contribution in [3.8, 4) is 0 Å². The summed E-state index contributed by atoms with van der Waals surface area (Å²) < 4.78 is 13.3.